The third kappa shape index (κ3) is 6.90. The number of nitrogens with two attached hydrogens (primary N) is 1. The zero-order valence-corrected chi connectivity index (χ0v) is 19.6. The molecule has 0 saturated carbocycles. The molecule has 0 spiro atoms. The molecule has 0 aliphatic rings. The number of carbonyl (C=O) groups is 2. The zero-order chi connectivity index (χ0) is 24.6. The van der Waals surface area contributed by atoms with Crippen LogP contribution >= 0.6 is 0 Å². The Hall–Kier alpha value is -3.69. The van der Waals surface area contributed by atoms with Crippen molar-refractivity contribution in [1.82, 2.24) is 5.32 Å². The van der Waals surface area contributed by atoms with E-state index >= 15 is 0 Å². The Morgan fingerprint density at radius 3 is 2.12 bits per heavy atom. The van der Waals surface area contributed by atoms with Crippen molar-refractivity contribution >= 4 is 33.2 Å². The highest BCUT2D eigenvalue weighted by molar-refractivity contribution is 7.90. The normalized spacial score (nSPS) is 11.9. The number of amides is 3. The van der Waals surface area contributed by atoms with Crippen molar-refractivity contribution in [2.75, 3.05) is 23.4 Å². The standard InChI is InChI=1S/C25H28N4O4S/c1-34(32,33)23-12-6-5-10-21(23)18-13-15-20(16-14-18)27-24(30)22(11-7-17-26)29-25(31)28-19-8-3-2-4-9-19/h2-6,8-10,12-16,22H,7,11,17,26H2,1H3,(H,27,30)(H2,28,29,31). The second-order valence-electron chi connectivity index (χ2n) is 7.78. The molecular weight excluding hydrogens is 452 g/mol. The van der Waals surface area contributed by atoms with Gasteiger partial charge in [0, 0.05) is 23.2 Å². The lowest BCUT2D eigenvalue weighted by Gasteiger charge is -2.19. The average molecular weight is 481 g/mol. The number of hydrogen-bond acceptors (Lipinski definition) is 5. The molecule has 0 bridgehead atoms. The minimum Gasteiger partial charge on any atom is -0.330 e. The van der Waals surface area contributed by atoms with Gasteiger partial charge in [0.2, 0.25) is 5.91 Å². The summed E-state index contributed by atoms with van der Waals surface area (Å²) in [5.41, 5.74) is 8.02. The van der Waals surface area contributed by atoms with Crippen LogP contribution in [0.5, 0.6) is 0 Å². The number of nitrogens with one attached hydrogen (secondary N) is 3. The monoisotopic (exact) mass is 480 g/mol. The van der Waals surface area contributed by atoms with E-state index in [2.05, 4.69) is 16.0 Å². The van der Waals surface area contributed by atoms with Crippen LogP contribution in [0.3, 0.4) is 0 Å². The minimum atomic E-state index is -3.39. The Morgan fingerprint density at radius 1 is 0.853 bits per heavy atom. The van der Waals surface area contributed by atoms with E-state index < -0.39 is 21.9 Å². The zero-order valence-electron chi connectivity index (χ0n) is 18.8. The van der Waals surface area contributed by atoms with Crippen LogP contribution < -0.4 is 21.7 Å². The Labute approximate surface area is 199 Å². The number of sulfone groups is 1. The van der Waals surface area contributed by atoms with Crippen LogP contribution in [0.1, 0.15) is 12.8 Å². The molecular formula is C25H28N4O4S. The Kier molecular flexibility index (Phi) is 8.39. The van der Waals surface area contributed by atoms with Crippen molar-refractivity contribution in [1.29, 1.82) is 0 Å². The van der Waals surface area contributed by atoms with Gasteiger partial charge in [-0.25, -0.2) is 13.2 Å². The van der Waals surface area contributed by atoms with Gasteiger partial charge in [-0.3, -0.25) is 4.79 Å². The van der Waals surface area contributed by atoms with Crippen molar-refractivity contribution < 1.29 is 18.0 Å². The fourth-order valence-electron chi connectivity index (χ4n) is 3.43. The summed E-state index contributed by atoms with van der Waals surface area (Å²) in [6.07, 6.45) is 2.11. The Bertz CT molecular complexity index is 1230. The molecule has 1 unspecified atom stereocenters. The molecule has 3 amide bonds. The molecule has 0 saturated heterocycles. The van der Waals surface area contributed by atoms with Crippen LogP contribution in [-0.4, -0.2) is 39.2 Å². The molecule has 0 radical (unpaired) electrons. The van der Waals surface area contributed by atoms with Gasteiger partial charge in [0.05, 0.1) is 4.90 Å². The van der Waals surface area contributed by atoms with Gasteiger partial charge in [0.25, 0.3) is 0 Å². The average Bonchev–Trinajstić information content (AvgIpc) is 2.82. The number of hydrogen-bond donors (Lipinski definition) is 4. The molecule has 0 aliphatic heterocycles. The van der Waals surface area contributed by atoms with E-state index in [0.29, 0.717) is 41.9 Å². The minimum absolute atomic E-state index is 0.238. The van der Waals surface area contributed by atoms with Crippen LogP contribution in [0.2, 0.25) is 0 Å². The molecule has 0 aliphatic carbocycles. The van der Waals surface area contributed by atoms with Crippen LogP contribution in [0.4, 0.5) is 16.2 Å². The molecule has 3 aromatic rings. The molecule has 0 fully saturated rings. The maximum Gasteiger partial charge on any atom is 0.319 e. The van der Waals surface area contributed by atoms with Crippen LogP contribution in [-0.2, 0) is 14.6 Å². The van der Waals surface area contributed by atoms with Crippen LogP contribution in [0.25, 0.3) is 11.1 Å². The SMILES string of the molecule is CS(=O)(=O)c1ccccc1-c1ccc(NC(=O)C(CCCN)NC(=O)Nc2ccccc2)cc1. The molecule has 9 heteroatoms. The lowest BCUT2D eigenvalue weighted by Crippen LogP contribution is -2.45. The van der Waals surface area contributed by atoms with E-state index in [-0.39, 0.29) is 10.8 Å². The van der Waals surface area contributed by atoms with Gasteiger partial charge < -0.3 is 21.7 Å². The highest BCUT2D eigenvalue weighted by Crippen LogP contribution is 2.28. The van der Waals surface area contributed by atoms with Gasteiger partial charge in [0.1, 0.15) is 6.04 Å². The van der Waals surface area contributed by atoms with Crippen molar-refractivity contribution in [2.24, 2.45) is 5.73 Å². The second kappa shape index (κ2) is 11.4. The first kappa shape index (κ1) is 24.9. The fourth-order valence-corrected chi connectivity index (χ4v) is 4.34. The van der Waals surface area contributed by atoms with E-state index in [1.165, 1.54) is 6.26 Å². The highest BCUT2D eigenvalue weighted by atomic mass is 32.2. The Morgan fingerprint density at radius 2 is 1.47 bits per heavy atom. The van der Waals surface area contributed by atoms with Crippen LogP contribution in [0.15, 0.2) is 83.8 Å². The van der Waals surface area contributed by atoms with E-state index in [9.17, 15) is 18.0 Å². The third-order valence-electron chi connectivity index (χ3n) is 5.10. The summed E-state index contributed by atoms with van der Waals surface area (Å²) in [6, 6.07) is 21.3. The number of carbonyl (C=O) groups excluding carboxylic acids is 2. The summed E-state index contributed by atoms with van der Waals surface area (Å²) >= 11 is 0. The van der Waals surface area contributed by atoms with Crippen molar-refractivity contribution in [3.8, 4) is 11.1 Å². The van der Waals surface area contributed by atoms with Gasteiger partial charge in [-0.05, 0) is 55.3 Å². The van der Waals surface area contributed by atoms with Gasteiger partial charge in [-0.15, -0.1) is 0 Å². The first-order valence-electron chi connectivity index (χ1n) is 10.8. The molecule has 0 aromatic heterocycles. The highest BCUT2D eigenvalue weighted by Gasteiger charge is 2.21. The lowest BCUT2D eigenvalue weighted by molar-refractivity contribution is -0.118. The maximum atomic E-state index is 12.9. The maximum absolute atomic E-state index is 12.9. The van der Waals surface area contributed by atoms with Gasteiger partial charge in [0.15, 0.2) is 9.84 Å². The van der Waals surface area contributed by atoms with Gasteiger partial charge in [-0.2, -0.15) is 0 Å². The first-order chi connectivity index (χ1) is 16.3. The smallest absolute Gasteiger partial charge is 0.319 e. The molecule has 8 nitrogen and oxygen atoms in total. The number of benzene rings is 3. The van der Waals surface area contributed by atoms with E-state index in [0.717, 1.165) is 0 Å². The molecule has 0 heterocycles. The number of para-hydroxylation sites is 1. The quantitative estimate of drug-likeness (QED) is 0.372. The number of urea groups is 1. The summed E-state index contributed by atoms with van der Waals surface area (Å²) in [4.78, 5) is 25.5. The molecule has 1 atom stereocenters. The summed E-state index contributed by atoms with van der Waals surface area (Å²) in [7, 11) is -3.39. The topological polar surface area (TPSA) is 130 Å². The fraction of sp³-hybridized carbons (Fsp3) is 0.200. The summed E-state index contributed by atoms with van der Waals surface area (Å²) in [6.45, 7) is 0.389. The predicted octanol–water partition coefficient (Wildman–Crippen LogP) is 3.62. The van der Waals surface area contributed by atoms with Crippen molar-refractivity contribution in [3.05, 3.63) is 78.9 Å². The molecule has 178 valence electrons. The predicted molar refractivity (Wildman–Crippen MR) is 134 cm³/mol. The van der Waals surface area contributed by atoms with Crippen molar-refractivity contribution in [3.63, 3.8) is 0 Å². The largest absolute Gasteiger partial charge is 0.330 e. The van der Waals surface area contributed by atoms with Crippen LogP contribution in [0, 0.1) is 0 Å². The summed E-state index contributed by atoms with van der Waals surface area (Å²) in [5.74, 6) is -0.374. The second-order valence-corrected chi connectivity index (χ2v) is 9.77. The molecule has 34 heavy (non-hydrogen) atoms. The van der Waals surface area contributed by atoms with Crippen molar-refractivity contribution in [2.45, 2.75) is 23.8 Å². The third-order valence-corrected chi connectivity index (χ3v) is 6.26. The lowest BCUT2D eigenvalue weighted by atomic mass is 10.1. The van der Waals surface area contributed by atoms with E-state index in [1.807, 2.05) is 6.07 Å². The molecule has 3 rings (SSSR count). The Balaban J connectivity index is 1.70. The van der Waals surface area contributed by atoms with Gasteiger partial charge >= 0.3 is 6.03 Å². The molecule has 5 N–H and O–H groups in total. The van der Waals surface area contributed by atoms with E-state index in [1.54, 1.807) is 72.8 Å². The number of anilines is 2. The summed E-state index contributed by atoms with van der Waals surface area (Å²) in [5, 5.41) is 8.20. The van der Waals surface area contributed by atoms with E-state index in [4.69, 9.17) is 5.73 Å². The first-order valence-corrected chi connectivity index (χ1v) is 12.7. The number of rotatable bonds is 9. The van der Waals surface area contributed by atoms with Gasteiger partial charge in [-0.1, -0.05) is 48.5 Å². The summed E-state index contributed by atoms with van der Waals surface area (Å²) < 4.78 is 24.2. The molecule has 3 aromatic carbocycles.